The third kappa shape index (κ3) is 7.19. The maximum Gasteiger partial charge on any atom is 0.324 e. The summed E-state index contributed by atoms with van der Waals surface area (Å²) in [5, 5.41) is 0. The Morgan fingerprint density at radius 1 is 1.00 bits per heavy atom. The summed E-state index contributed by atoms with van der Waals surface area (Å²) >= 11 is 0. The minimum atomic E-state index is -3.99. The predicted molar refractivity (Wildman–Crippen MR) is 122 cm³/mol. The molecule has 0 aliphatic carbocycles. The van der Waals surface area contributed by atoms with Crippen molar-refractivity contribution in [2.45, 2.75) is 31.3 Å². The molecule has 0 saturated heterocycles. The summed E-state index contributed by atoms with van der Waals surface area (Å²) in [7, 11) is 0.602. The number of sulfonamides is 1. The predicted octanol–water partition coefficient (Wildman–Crippen LogP) is 2.21. The van der Waals surface area contributed by atoms with Gasteiger partial charge in [0.1, 0.15) is 17.5 Å². The van der Waals surface area contributed by atoms with Crippen LogP contribution >= 0.6 is 0 Å². The second kappa shape index (κ2) is 11.7. The molecule has 0 fully saturated rings. The average molecular weight is 479 g/mol. The fourth-order valence-corrected chi connectivity index (χ4v) is 4.29. The van der Waals surface area contributed by atoms with Gasteiger partial charge in [-0.15, -0.1) is 0 Å². The molecule has 0 aliphatic heterocycles. The van der Waals surface area contributed by atoms with Gasteiger partial charge in [0, 0.05) is 19.2 Å². The Morgan fingerprint density at radius 2 is 1.64 bits per heavy atom. The zero-order valence-electron chi connectivity index (χ0n) is 19.4. The molecule has 0 unspecified atom stereocenters. The van der Waals surface area contributed by atoms with E-state index in [2.05, 4.69) is 4.72 Å². The summed E-state index contributed by atoms with van der Waals surface area (Å²) in [6, 6.07) is 11.9. The van der Waals surface area contributed by atoms with Gasteiger partial charge in [-0.25, -0.2) is 8.42 Å². The standard InChI is InChI=1S/C23H30N2O7S/c1-16(2)22(24-33(28,29)19-12-10-18(30-4)11-13-19)23(27)32-15-21(26)25(3)14-17-8-6-7-9-20(17)31-5/h6-13,16,22,24H,14-15H2,1-5H3/t22-/m0/s1. The Bertz CT molecular complexity index is 1050. The molecule has 0 heterocycles. The molecule has 0 radical (unpaired) electrons. The Balaban J connectivity index is 2.00. The molecule has 2 aromatic carbocycles. The number of hydrogen-bond acceptors (Lipinski definition) is 7. The van der Waals surface area contributed by atoms with Gasteiger partial charge in [0.15, 0.2) is 6.61 Å². The summed E-state index contributed by atoms with van der Waals surface area (Å²) in [4.78, 5) is 26.5. The number of para-hydroxylation sites is 1. The number of likely N-dealkylation sites (N-methyl/N-ethyl adjacent to an activating group) is 1. The first-order valence-corrected chi connectivity index (χ1v) is 11.8. The van der Waals surface area contributed by atoms with E-state index in [1.807, 2.05) is 18.2 Å². The lowest BCUT2D eigenvalue weighted by Crippen LogP contribution is -2.46. The molecule has 2 aromatic rings. The lowest BCUT2D eigenvalue weighted by atomic mass is 10.1. The van der Waals surface area contributed by atoms with Crippen LogP contribution in [0.25, 0.3) is 0 Å². The maximum absolute atomic E-state index is 12.7. The van der Waals surface area contributed by atoms with Crippen molar-refractivity contribution >= 4 is 21.9 Å². The first-order valence-electron chi connectivity index (χ1n) is 10.3. The average Bonchev–Trinajstić information content (AvgIpc) is 2.80. The van der Waals surface area contributed by atoms with E-state index in [0.29, 0.717) is 11.5 Å². The molecule has 0 aliphatic rings. The number of nitrogens with one attached hydrogen (secondary N) is 1. The summed E-state index contributed by atoms with van der Waals surface area (Å²) in [6.07, 6.45) is 0. The van der Waals surface area contributed by atoms with Crippen LogP contribution in [-0.2, 0) is 30.9 Å². The van der Waals surface area contributed by atoms with Gasteiger partial charge in [-0.05, 0) is 36.2 Å². The normalized spacial score (nSPS) is 12.2. The van der Waals surface area contributed by atoms with Gasteiger partial charge in [0.2, 0.25) is 10.0 Å². The highest BCUT2D eigenvalue weighted by atomic mass is 32.2. The highest BCUT2D eigenvalue weighted by Gasteiger charge is 2.30. The van der Waals surface area contributed by atoms with Crippen LogP contribution in [0.15, 0.2) is 53.4 Å². The molecule has 0 saturated carbocycles. The van der Waals surface area contributed by atoms with Crippen molar-refractivity contribution in [1.82, 2.24) is 9.62 Å². The van der Waals surface area contributed by atoms with Crippen molar-refractivity contribution in [3.8, 4) is 11.5 Å². The molecule has 33 heavy (non-hydrogen) atoms. The smallest absolute Gasteiger partial charge is 0.324 e. The van der Waals surface area contributed by atoms with Crippen LogP contribution in [0, 0.1) is 5.92 Å². The minimum Gasteiger partial charge on any atom is -0.497 e. The van der Waals surface area contributed by atoms with Crippen LogP contribution in [0.2, 0.25) is 0 Å². The summed E-state index contributed by atoms with van der Waals surface area (Å²) in [6.45, 7) is 3.10. The maximum atomic E-state index is 12.7. The van der Waals surface area contributed by atoms with Gasteiger partial charge in [-0.3, -0.25) is 9.59 Å². The third-order valence-electron chi connectivity index (χ3n) is 4.94. The highest BCUT2D eigenvalue weighted by Crippen LogP contribution is 2.19. The van der Waals surface area contributed by atoms with Crippen molar-refractivity contribution in [1.29, 1.82) is 0 Å². The summed E-state index contributed by atoms with van der Waals surface area (Å²) < 4.78 is 43.3. The summed E-state index contributed by atoms with van der Waals surface area (Å²) in [5.74, 6) is -0.533. The third-order valence-corrected chi connectivity index (χ3v) is 6.39. The van der Waals surface area contributed by atoms with E-state index >= 15 is 0 Å². The SMILES string of the molecule is COc1ccc(S(=O)(=O)N[C@H](C(=O)OCC(=O)N(C)Cc2ccccc2OC)C(C)C)cc1. The number of methoxy groups -OCH3 is 2. The first-order chi connectivity index (χ1) is 15.6. The molecule has 0 spiro atoms. The van der Waals surface area contributed by atoms with E-state index in [4.69, 9.17) is 14.2 Å². The van der Waals surface area contributed by atoms with Crippen LogP contribution < -0.4 is 14.2 Å². The number of ether oxygens (including phenoxy) is 3. The summed E-state index contributed by atoms with van der Waals surface area (Å²) in [5.41, 5.74) is 0.800. The number of hydrogen-bond donors (Lipinski definition) is 1. The van der Waals surface area contributed by atoms with E-state index in [0.717, 1.165) is 5.56 Å². The molecule has 0 aromatic heterocycles. The fraction of sp³-hybridized carbons (Fsp3) is 0.391. The number of amides is 1. The van der Waals surface area contributed by atoms with Crippen molar-refractivity contribution in [3.63, 3.8) is 0 Å². The van der Waals surface area contributed by atoms with Gasteiger partial charge in [-0.2, -0.15) is 4.72 Å². The molecule has 0 bridgehead atoms. The number of nitrogens with zero attached hydrogens (tertiary/aromatic N) is 1. The molecule has 1 N–H and O–H groups in total. The van der Waals surface area contributed by atoms with E-state index in [9.17, 15) is 18.0 Å². The van der Waals surface area contributed by atoms with Gasteiger partial charge >= 0.3 is 5.97 Å². The quantitative estimate of drug-likeness (QED) is 0.493. The number of carbonyl (C=O) groups is 2. The zero-order chi connectivity index (χ0) is 24.6. The van der Waals surface area contributed by atoms with E-state index < -0.39 is 40.5 Å². The molecule has 10 heteroatoms. The van der Waals surface area contributed by atoms with E-state index in [1.54, 1.807) is 34.1 Å². The van der Waals surface area contributed by atoms with Gasteiger partial charge in [0.05, 0.1) is 19.1 Å². The monoisotopic (exact) mass is 478 g/mol. The highest BCUT2D eigenvalue weighted by molar-refractivity contribution is 7.89. The molecule has 180 valence electrons. The largest absolute Gasteiger partial charge is 0.497 e. The minimum absolute atomic E-state index is 0.0191. The van der Waals surface area contributed by atoms with Crippen LogP contribution in [0.3, 0.4) is 0 Å². The van der Waals surface area contributed by atoms with Crippen molar-refractivity contribution < 1.29 is 32.2 Å². The van der Waals surface area contributed by atoms with Crippen LogP contribution in [0.1, 0.15) is 19.4 Å². The van der Waals surface area contributed by atoms with Crippen LogP contribution in [0.5, 0.6) is 11.5 Å². The zero-order valence-corrected chi connectivity index (χ0v) is 20.2. The first kappa shape index (κ1) is 26.1. The second-order valence-electron chi connectivity index (χ2n) is 7.69. The van der Waals surface area contributed by atoms with Crippen molar-refractivity contribution in [3.05, 3.63) is 54.1 Å². The van der Waals surface area contributed by atoms with Crippen molar-refractivity contribution in [2.24, 2.45) is 5.92 Å². The number of carbonyl (C=O) groups excluding carboxylic acids is 2. The van der Waals surface area contributed by atoms with Gasteiger partial charge in [0.25, 0.3) is 5.91 Å². The lowest BCUT2D eigenvalue weighted by Gasteiger charge is -2.22. The Kier molecular flexibility index (Phi) is 9.24. The molecule has 1 amide bonds. The fourth-order valence-electron chi connectivity index (χ4n) is 2.96. The second-order valence-corrected chi connectivity index (χ2v) is 9.40. The van der Waals surface area contributed by atoms with E-state index in [-0.39, 0.29) is 11.4 Å². The lowest BCUT2D eigenvalue weighted by molar-refractivity contribution is -0.154. The molecule has 9 nitrogen and oxygen atoms in total. The van der Waals surface area contributed by atoms with Crippen LogP contribution in [-0.4, -0.2) is 59.1 Å². The molecule has 2 rings (SSSR count). The van der Waals surface area contributed by atoms with Crippen LogP contribution in [0.4, 0.5) is 0 Å². The Hall–Kier alpha value is -3.11. The molecular weight excluding hydrogens is 448 g/mol. The topological polar surface area (TPSA) is 111 Å². The number of rotatable bonds is 11. The van der Waals surface area contributed by atoms with Gasteiger partial charge < -0.3 is 19.1 Å². The molecule has 1 atom stereocenters. The van der Waals surface area contributed by atoms with E-state index in [1.165, 1.54) is 36.3 Å². The van der Waals surface area contributed by atoms with Crippen molar-refractivity contribution in [2.75, 3.05) is 27.9 Å². The Labute approximate surface area is 194 Å². The number of esters is 1. The molecular formula is C23H30N2O7S. The number of benzene rings is 2. The Morgan fingerprint density at radius 3 is 2.21 bits per heavy atom. The van der Waals surface area contributed by atoms with Gasteiger partial charge in [-0.1, -0.05) is 32.0 Å².